The van der Waals surface area contributed by atoms with E-state index in [0.717, 1.165) is 17.1 Å². The van der Waals surface area contributed by atoms with E-state index in [1.165, 1.54) is 16.8 Å². The molecule has 0 N–H and O–H groups in total. The van der Waals surface area contributed by atoms with E-state index in [-0.39, 0.29) is 0 Å². The highest BCUT2D eigenvalue weighted by molar-refractivity contribution is 5.75. The number of methoxy groups -OCH3 is 1. The Morgan fingerprint density at radius 2 is 1.64 bits per heavy atom. The minimum absolute atomic E-state index is 0.394. The maximum Gasteiger partial charge on any atom is 0.216 e. The largest absolute Gasteiger partial charge is 0.493 e. The van der Waals surface area contributed by atoms with Gasteiger partial charge in [0.25, 0.3) is 0 Å². The molecule has 2 unspecified atom stereocenters. The quantitative estimate of drug-likeness (QED) is 0.616. The summed E-state index contributed by atoms with van der Waals surface area (Å²) < 4.78 is 12.5. The van der Waals surface area contributed by atoms with E-state index >= 15 is 0 Å². The molecule has 0 radical (unpaired) electrons. The van der Waals surface area contributed by atoms with E-state index < -0.39 is 11.1 Å². The Kier molecular flexibility index (Phi) is 3.57. The summed E-state index contributed by atoms with van der Waals surface area (Å²) in [4.78, 5) is 2.25. The molecule has 2 heterocycles. The van der Waals surface area contributed by atoms with E-state index in [9.17, 15) is 0 Å². The van der Waals surface area contributed by atoms with Gasteiger partial charge in [0, 0.05) is 18.3 Å². The molecular formula is C25H23NO2. The Morgan fingerprint density at radius 1 is 0.893 bits per heavy atom. The van der Waals surface area contributed by atoms with Crippen LogP contribution in [0.1, 0.15) is 23.6 Å². The summed E-state index contributed by atoms with van der Waals surface area (Å²) in [6.07, 6.45) is 4.35. The Balaban J connectivity index is 1.79. The van der Waals surface area contributed by atoms with E-state index in [4.69, 9.17) is 9.47 Å². The molecule has 0 saturated carbocycles. The van der Waals surface area contributed by atoms with Crippen molar-refractivity contribution in [1.82, 2.24) is 0 Å². The predicted octanol–water partition coefficient (Wildman–Crippen LogP) is 5.25. The molecule has 3 aromatic carbocycles. The number of hydrogen-bond acceptors (Lipinski definition) is 3. The van der Waals surface area contributed by atoms with Crippen LogP contribution in [0.15, 0.2) is 78.9 Å². The zero-order chi connectivity index (χ0) is 19.4. The third-order valence-corrected chi connectivity index (χ3v) is 6.35. The maximum atomic E-state index is 6.88. The SMILES string of the molecule is COc1cccc2c1OC1(C=C2)N(C)c2ccccc2C1(C)c1ccccc1. The van der Waals surface area contributed by atoms with Gasteiger partial charge in [-0.2, -0.15) is 0 Å². The molecule has 0 fully saturated rings. The van der Waals surface area contributed by atoms with E-state index in [0.29, 0.717) is 0 Å². The van der Waals surface area contributed by atoms with Gasteiger partial charge in [0.1, 0.15) is 0 Å². The van der Waals surface area contributed by atoms with Crippen molar-refractivity contribution in [3.63, 3.8) is 0 Å². The lowest BCUT2D eigenvalue weighted by Gasteiger charge is -2.47. The smallest absolute Gasteiger partial charge is 0.216 e. The second-order valence-electron chi connectivity index (χ2n) is 7.58. The van der Waals surface area contributed by atoms with Crippen molar-refractivity contribution in [2.45, 2.75) is 18.1 Å². The third-order valence-electron chi connectivity index (χ3n) is 6.35. The third kappa shape index (κ3) is 1.99. The first-order chi connectivity index (χ1) is 13.6. The van der Waals surface area contributed by atoms with Crippen LogP contribution in [0.3, 0.4) is 0 Å². The Labute approximate surface area is 165 Å². The first kappa shape index (κ1) is 16.9. The minimum Gasteiger partial charge on any atom is -0.493 e. The van der Waals surface area contributed by atoms with Crippen LogP contribution in [0.25, 0.3) is 6.08 Å². The number of hydrogen-bond donors (Lipinski definition) is 0. The lowest BCUT2D eigenvalue weighted by Crippen LogP contribution is -2.59. The minimum atomic E-state index is -0.695. The number of ether oxygens (including phenoxy) is 2. The summed E-state index contributed by atoms with van der Waals surface area (Å²) in [6.45, 7) is 2.27. The van der Waals surface area contributed by atoms with Crippen LogP contribution in [-0.2, 0) is 5.41 Å². The van der Waals surface area contributed by atoms with Gasteiger partial charge in [0.2, 0.25) is 5.72 Å². The molecule has 2 aliphatic rings. The van der Waals surface area contributed by atoms with Gasteiger partial charge in [-0.3, -0.25) is 0 Å². The molecule has 0 aliphatic carbocycles. The summed E-state index contributed by atoms with van der Waals surface area (Å²) in [6, 6.07) is 25.2. The molecule has 3 heteroatoms. The van der Waals surface area contributed by atoms with Crippen molar-refractivity contribution >= 4 is 11.8 Å². The van der Waals surface area contributed by atoms with Crippen molar-refractivity contribution < 1.29 is 9.47 Å². The number of benzene rings is 3. The second-order valence-corrected chi connectivity index (χ2v) is 7.58. The zero-order valence-electron chi connectivity index (χ0n) is 16.3. The van der Waals surface area contributed by atoms with Gasteiger partial charge in [-0.05, 0) is 42.3 Å². The first-order valence-corrected chi connectivity index (χ1v) is 9.56. The Bertz CT molecular complexity index is 1070. The summed E-state index contributed by atoms with van der Waals surface area (Å²) in [5.74, 6) is 1.54. The van der Waals surface area contributed by atoms with Gasteiger partial charge in [-0.15, -0.1) is 0 Å². The number of likely N-dealkylation sites (N-methyl/N-ethyl adjacent to an activating group) is 1. The van der Waals surface area contributed by atoms with E-state index in [1.807, 2.05) is 12.1 Å². The number of anilines is 1. The van der Waals surface area contributed by atoms with Crippen LogP contribution in [0, 0.1) is 0 Å². The lowest BCUT2D eigenvalue weighted by molar-refractivity contribution is 0.0650. The molecule has 2 aliphatic heterocycles. The number of para-hydroxylation sites is 2. The molecule has 28 heavy (non-hydrogen) atoms. The van der Waals surface area contributed by atoms with Crippen molar-refractivity contribution in [3.05, 3.63) is 95.6 Å². The van der Waals surface area contributed by atoms with Gasteiger partial charge >= 0.3 is 0 Å². The van der Waals surface area contributed by atoms with Gasteiger partial charge in [-0.25, -0.2) is 0 Å². The zero-order valence-corrected chi connectivity index (χ0v) is 16.3. The van der Waals surface area contributed by atoms with Crippen molar-refractivity contribution in [2.75, 3.05) is 19.1 Å². The number of nitrogens with zero attached hydrogens (tertiary/aromatic N) is 1. The summed E-state index contributed by atoms with van der Waals surface area (Å²) in [7, 11) is 3.80. The average molecular weight is 369 g/mol. The molecule has 140 valence electrons. The van der Waals surface area contributed by atoms with Crippen molar-refractivity contribution in [1.29, 1.82) is 0 Å². The summed E-state index contributed by atoms with van der Waals surface area (Å²) in [5.41, 5.74) is 3.59. The fourth-order valence-corrected chi connectivity index (χ4v) is 4.81. The fourth-order valence-electron chi connectivity index (χ4n) is 4.81. The van der Waals surface area contributed by atoms with Crippen LogP contribution in [-0.4, -0.2) is 19.9 Å². The van der Waals surface area contributed by atoms with Crippen LogP contribution >= 0.6 is 0 Å². The normalized spacial score (nSPS) is 24.6. The summed E-state index contributed by atoms with van der Waals surface area (Å²) in [5, 5.41) is 0. The molecule has 0 amide bonds. The molecule has 3 aromatic rings. The second kappa shape index (κ2) is 5.90. The monoisotopic (exact) mass is 369 g/mol. The average Bonchev–Trinajstić information content (AvgIpc) is 2.94. The molecule has 0 bridgehead atoms. The standard InChI is InChI=1S/C25H23NO2/c1-24(19-11-5-4-6-12-19)20-13-7-8-14-21(20)26(2)25(24)17-16-18-10-9-15-22(27-3)23(18)28-25/h4-17H,1-3H3. The number of rotatable bonds is 2. The topological polar surface area (TPSA) is 21.7 Å². The lowest BCUT2D eigenvalue weighted by atomic mass is 9.69. The highest BCUT2D eigenvalue weighted by Gasteiger charge is 2.61. The highest BCUT2D eigenvalue weighted by atomic mass is 16.5. The molecular weight excluding hydrogens is 346 g/mol. The highest BCUT2D eigenvalue weighted by Crippen LogP contribution is 2.58. The van der Waals surface area contributed by atoms with Crippen molar-refractivity contribution in [2.24, 2.45) is 0 Å². The Hall–Kier alpha value is -3.20. The van der Waals surface area contributed by atoms with E-state index in [1.54, 1.807) is 7.11 Å². The van der Waals surface area contributed by atoms with Crippen LogP contribution in [0.4, 0.5) is 5.69 Å². The first-order valence-electron chi connectivity index (χ1n) is 9.56. The van der Waals surface area contributed by atoms with Gasteiger partial charge in [-0.1, -0.05) is 60.7 Å². The van der Waals surface area contributed by atoms with E-state index in [2.05, 4.69) is 91.7 Å². The van der Waals surface area contributed by atoms with Crippen LogP contribution < -0.4 is 14.4 Å². The van der Waals surface area contributed by atoms with Crippen molar-refractivity contribution in [3.8, 4) is 11.5 Å². The molecule has 5 rings (SSSR count). The van der Waals surface area contributed by atoms with Crippen LogP contribution in [0.5, 0.6) is 11.5 Å². The maximum absolute atomic E-state index is 6.88. The molecule has 2 atom stereocenters. The summed E-state index contributed by atoms with van der Waals surface area (Å²) >= 11 is 0. The van der Waals surface area contributed by atoms with Crippen LogP contribution in [0.2, 0.25) is 0 Å². The van der Waals surface area contributed by atoms with Gasteiger partial charge in [0.15, 0.2) is 11.5 Å². The van der Waals surface area contributed by atoms with Gasteiger partial charge in [0.05, 0.1) is 12.5 Å². The fraction of sp³-hybridized carbons (Fsp3) is 0.200. The molecule has 0 aromatic heterocycles. The molecule has 3 nitrogen and oxygen atoms in total. The predicted molar refractivity (Wildman–Crippen MR) is 113 cm³/mol. The Morgan fingerprint density at radius 3 is 2.43 bits per heavy atom. The van der Waals surface area contributed by atoms with Gasteiger partial charge < -0.3 is 14.4 Å². The molecule has 0 saturated heterocycles. The number of fused-ring (bicyclic) bond motifs is 2. The molecule has 1 spiro atoms.